The highest BCUT2D eigenvalue weighted by Gasteiger charge is 2.26. The predicted octanol–water partition coefficient (Wildman–Crippen LogP) is 4.82. The molecule has 0 spiro atoms. The third kappa shape index (κ3) is 4.21. The number of hydrogen-bond donors (Lipinski definition) is 1. The van der Waals surface area contributed by atoms with Crippen LogP contribution in [0, 0.1) is 6.92 Å². The molecule has 0 saturated heterocycles. The Kier molecular flexibility index (Phi) is 5.55. The zero-order valence-corrected chi connectivity index (χ0v) is 15.8. The van der Waals surface area contributed by atoms with Crippen molar-refractivity contribution in [1.82, 2.24) is 4.72 Å². The molecule has 0 bridgehead atoms. The molecule has 0 radical (unpaired) electrons. The highest BCUT2D eigenvalue weighted by atomic mass is 32.2. The van der Waals surface area contributed by atoms with Crippen molar-refractivity contribution in [3.05, 3.63) is 102 Å². The topological polar surface area (TPSA) is 46.2 Å². The summed E-state index contributed by atoms with van der Waals surface area (Å²) in [7, 11) is -3.63. The molecular formula is C22H23NO2S. The van der Waals surface area contributed by atoms with E-state index >= 15 is 0 Å². The monoisotopic (exact) mass is 365 g/mol. The van der Waals surface area contributed by atoms with Crippen LogP contribution >= 0.6 is 0 Å². The molecule has 0 aliphatic rings. The predicted molar refractivity (Wildman–Crippen MR) is 106 cm³/mol. The Morgan fingerprint density at radius 2 is 1.23 bits per heavy atom. The third-order valence-electron chi connectivity index (χ3n) is 4.60. The highest BCUT2D eigenvalue weighted by Crippen LogP contribution is 2.32. The van der Waals surface area contributed by atoms with E-state index in [2.05, 4.69) is 4.72 Å². The summed E-state index contributed by atoms with van der Waals surface area (Å²) in [6.07, 6.45) is 0. The van der Waals surface area contributed by atoms with E-state index in [1.165, 1.54) is 0 Å². The molecule has 3 nitrogen and oxygen atoms in total. The molecule has 26 heavy (non-hydrogen) atoms. The van der Waals surface area contributed by atoms with Gasteiger partial charge < -0.3 is 0 Å². The average Bonchev–Trinajstić information content (AvgIpc) is 2.67. The maximum atomic E-state index is 13.0. The van der Waals surface area contributed by atoms with Gasteiger partial charge >= 0.3 is 0 Å². The summed E-state index contributed by atoms with van der Waals surface area (Å²) in [4.78, 5) is 0.282. The van der Waals surface area contributed by atoms with Gasteiger partial charge in [0.1, 0.15) is 0 Å². The first-order chi connectivity index (χ1) is 12.5. The van der Waals surface area contributed by atoms with E-state index in [1.807, 2.05) is 86.6 Å². The van der Waals surface area contributed by atoms with Crippen molar-refractivity contribution in [3.8, 4) is 0 Å². The minimum atomic E-state index is -3.63. The van der Waals surface area contributed by atoms with Gasteiger partial charge in [-0.15, -0.1) is 0 Å². The molecule has 3 aromatic rings. The fraction of sp³-hybridized carbons (Fsp3) is 0.182. The van der Waals surface area contributed by atoms with E-state index in [-0.39, 0.29) is 16.9 Å². The van der Waals surface area contributed by atoms with Crippen LogP contribution in [0.4, 0.5) is 0 Å². The molecule has 134 valence electrons. The Morgan fingerprint density at radius 1 is 0.731 bits per heavy atom. The number of sulfonamides is 1. The molecule has 4 heteroatoms. The van der Waals surface area contributed by atoms with Gasteiger partial charge in [0.15, 0.2) is 0 Å². The minimum Gasteiger partial charge on any atom is -0.207 e. The van der Waals surface area contributed by atoms with Gasteiger partial charge in [0.05, 0.1) is 10.9 Å². The van der Waals surface area contributed by atoms with E-state index in [0.29, 0.717) is 0 Å². The SMILES string of the molecule is Cc1ccc(S(=O)(=O)N[C@@H](c2ccccc2)[C@@H](C)c2ccccc2)cc1. The maximum absolute atomic E-state index is 13.0. The third-order valence-corrected chi connectivity index (χ3v) is 6.05. The van der Waals surface area contributed by atoms with Crippen LogP contribution in [0.15, 0.2) is 89.8 Å². The van der Waals surface area contributed by atoms with Gasteiger partial charge in [-0.2, -0.15) is 0 Å². The van der Waals surface area contributed by atoms with Crippen molar-refractivity contribution < 1.29 is 8.42 Å². The lowest BCUT2D eigenvalue weighted by Gasteiger charge is -2.26. The molecule has 0 saturated carbocycles. The summed E-state index contributed by atoms with van der Waals surface area (Å²) < 4.78 is 28.8. The van der Waals surface area contributed by atoms with Crippen LogP contribution < -0.4 is 4.72 Å². The lowest BCUT2D eigenvalue weighted by Crippen LogP contribution is -2.32. The largest absolute Gasteiger partial charge is 0.241 e. The Morgan fingerprint density at radius 3 is 1.77 bits per heavy atom. The number of rotatable bonds is 6. The lowest BCUT2D eigenvalue weighted by molar-refractivity contribution is 0.516. The molecule has 0 amide bonds. The molecule has 0 aliphatic carbocycles. The standard InChI is InChI=1S/C22H23NO2S/c1-17-13-15-21(16-14-17)26(24,25)23-22(20-11-7-4-8-12-20)18(2)19-9-5-3-6-10-19/h3-16,18,22-23H,1-2H3/t18-,22+/m0/s1. The summed E-state index contributed by atoms with van der Waals surface area (Å²) in [6.45, 7) is 3.98. The van der Waals surface area contributed by atoms with Crippen LogP contribution in [0.5, 0.6) is 0 Å². The van der Waals surface area contributed by atoms with Gasteiger partial charge in [0.2, 0.25) is 10.0 Å². The van der Waals surface area contributed by atoms with Gasteiger partial charge in [-0.25, -0.2) is 13.1 Å². The van der Waals surface area contributed by atoms with Crippen molar-refractivity contribution in [3.63, 3.8) is 0 Å². The molecule has 0 unspecified atom stereocenters. The normalized spacial score (nSPS) is 13.9. The molecule has 2 atom stereocenters. The smallest absolute Gasteiger partial charge is 0.207 e. The van der Waals surface area contributed by atoms with Crippen molar-refractivity contribution in [2.45, 2.75) is 30.7 Å². The van der Waals surface area contributed by atoms with E-state index < -0.39 is 10.0 Å². The highest BCUT2D eigenvalue weighted by molar-refractivity contribution is 7.89. The number of nitrogens with one attached hydrogen (secondary N) is 1. The van der Waals surface area contributed by atoms with Crippen LogP contribution in [-0.4, -0.2) is 8.42 Å². The Balaban J connectivity index is 1.97. The fourth-order valence-electron chi connectivity index (χ4n) is 3.02. The van der Waals surface area contributed by atoms with Gasteiger partial charge in [0, 0.05) is 5.92 Å². The fourth-order valence-corrected chi connectivity index (χ4v) is 4.33. The minimum absolute atomic E-state index is 0.0150. The van der Waals surface area contributed by atoms with E-state index in [4.69, 9.17) is 0 Å². The lowest BCUT2D eigenvalue weighted by atomic mass is 9.89. The molecule has 0 aliphatic heterocycles. The second kappa shape index (κ2) is 7.85. The van der Waals surface area contributed by atoms with Crippen molar-refractivity contribution in [1.29, 1.82) is 0 Å². The van der Waals surface area contributed by atoms with E-state index in [9.17, 15) is 8.42 Å². The van der Waals surface area contributed by atoms with Gasteiger partial charge in [-0.3, -0.25) is 0 Å². The Bertz CT molecular complexity index is 936. The molecule has 1 N–H and O–H groups in total. The van der Waals surface area contributed by atoms with E-state index in [0.717, 1.165) is 16.7 Å². The second-order valence-electron chi connectivity index (χ2n) is 6.52. The van der Waals surface area contributed by atoms with Crippen LogP contribution in [0.1, 0.15) is 35.6 Å². The molecule has 3 aromatic carbocycles. The first kappa shape index (κ1) is 18.4. The summed E-state index contributed by atoms with van der Waals surface area (Å²) in [6, 6.07) is 26.2. The number of aryl methyl sites for hydroxylation is 1. The zero-order valence-electron chi connectivity index (χ0n) is 15.0. The first-order valence-electron chi connectivity index (χ1n) is 8.66. The maximum Gasteiger partial charge on any atom is 0.241 e. The van der Waals surface area contributed by atoms with Crippen molar-refractivity contribution >= 4 is 10.0 Å². The number of benzene rings is 3. The molecule has 0 fully saturated rings. The summed E-state index contributed by atoms with van der Waals surface area (Å²) in [5, 5.41) is 0. The molecule has 3 rings (SSSR count). The summed E-state index contributed by atoms with van der Waals surface area (Å²) >= 11 is 0. The number of hydrogen-bond acceptors (Lipinski definition) is 2. The van der Waals surface area contributed by atoms with Gasteiger partial charge in [-0.1, -0.05) is 85.3 Å². The summed E-state index contributed by atoms with van der Waals surface area (Å²) in [5.74, 6) is -0.0150. The van der Waals surface area contributed by atoms with Crippen molar-refractivity contribution in [2.24, 2.45) is 0 Å². The zero-order chi connectivity index (χ0) is 18.6. The average molecular weight is 365 g/mol. The van der Waals surface area contributed by atoms with Crippen LogP contribution in [-0.2, 0) is 10.0 Å². The molecule has 0 aromatic heterocycles. The quantitative estimate of drug-likeness (QED) is 0.681. The van der Waals surface area contributed by atoms with Crippen LogP contribution in [0.2, 0.25) is 0 Å². The van der Waals surface area contributed by atoms with Crippen LogP contribution in [0.25, 0.3) is 0 Å². The Labute approximate surface area is 155 Å². The molecular weight excluding hydrogens is 342 g/mol. The first-order valence-corrected chi connectivity index (χ1v) is 10.1. The van der Waals surface area contributed by atoms with Crippen molar-refractivity contribution in [2.75, 3.05) is 0 Å². The molecule has 0 heterocycles. The van der Waals surface area contributed by atoms with Gasteiger partial charge in [0.25, 0.3) is 0 Å². The van der Waals surface area contributed by atoms with E-state index in [1.54, 1.807) is 12.1 Å². The summed E-state index contributed by atoms with van der Waals surface area (Å²) in [5.41, 5.74) is 3.06. The Hall–Kier alpha value is -2.43. The second-order valence-corrected chi connectivity index (χ2v) is 8.24. The van der Waals surface area contributed by atoms with Gasteiger partial charge in [-0.05, 0) is 30.2 Å². The van der Waals surface area contributed by atoms with Crippen LogP contribution in [0.3, 0.4) is 0 Å².